The molecule has 3 heterocycles. The van der Waals surface area contributed by atoms with Crippen molar-refractivity contribution in [2.45, 2.75) is 31.8 Å². The molecule has 2 amide bonds. The Kier molecular flexibility index (Phi) is 4.60. The number of aromatic nitrogens is 4. The third kappa shape index (κ3) is 3.96. The van der Waals surface area contributed by atoms with Crippen molar-refractivity contribution >= 4 is 11.7 Å². The Hall–Kier alpha value is -2.48. The van der Waals surface area contributed by atoms with Crippen LogP contribution in [0, 0.1) is 5.92 Å². The van der Waals surface area contributed by atoms with Crippen molar-refractivity contribution in [1.29, 1.82) is 0 Å². The zero-order valence-corrected chi connectivity index (χ0v) is 14.0. The Labute approximate surface area is 146 Å². The highest BCUT2D eigenvalue weighted by molar-refractivity contribution is 5.91. The van der Waals surface area contributed by atoms with E-state index in [9.17, 15) is 4.79 Å². The maximum Gasteiger partial charge on any atom is 0.322 e. The van der Waals surface area contributed by atoms with Crippen molar-refractivity contribution < 1.29 is 9.53 Å². The Bertz CT molecular complexity index is 716. The summed E-state index contributed by atoms with van der Waals surface area (Å²) in [5.74, 6) is 1.29. The molecule has 2 aromatic rings. The molecule has 2 aromatic heterocycles. The number of anilines is 1. The van der Waals surface area contributed by atoms with Crippen molar-refractivity contribution in [2.24, 2.45) is 5.92 Å². The number of carbonyl (C=O) groups is 1. The predicted molar refractivity (Wildman–Crippen MR) is 91.4 cm³/mol. The highest BCUT2D eigenvalue weighted by Gasteiger charge is 2.28. The molecule has 1 saturated heterocycles. The highest BCUT2D eigenvalue weighted by Crippen LogP contribution is 2.30. The van der Waals surface area contributed by atoms with Gasteiger partial charge in [0.15, 0.2) is 5.82 Å². The number of nitrogens with zero attached hydrogens (tertiary/aromatic N) is 5. The number of piperidine rings is 1. The molecular formula is C17H22N6O2. The van der Waals surface area contributed by atoms with E-state index in [0.29, 0.717) is 18.1 Å². The molecule has 0 radical (unpaired) electrons. The number of likely N-dealkylation sites (tertiary alicyclic amines) is 1. The van der Waals surface area contributed by atoms with Crippen molar-refractivity contribution in [3.63, 3.8) is 0 Å². The lowest BCUT2D eigenvalue weighted by Crippen LogP contribution is -2.45. The van der Waals surface area contributed by atoms with Crippen LogP contribution in [0.4, 0.5) is 10.5 Å². The predicted octanol–water partition coefficient (Wildman–Crippen LogP) is 2.09. The van der Waals surface area contributed by atoms with Crippen LogP contribution in [0.2, 0.25) is 0 Å². The Balaban J connectivity index is 1.40. The van der Waals surface area contributed by atoms with Gasteiger partial charge in [-0.3, -0.25) is 0 Å². The minimum atomic E-state index is -0.130. The number of rotatable bonds is 5. The van der Waals surface area contributed by atoms with Crippen molar-refractivity contribution in [3.8, 4) is 5.82 Å². The summed E-state index contributed by atoms with van der Waals surface area (Å²) in [5.41, 5.74) is 0.610. The van der Waals surface area contributed by atoms with Crippen LogP contribution in [-0.4, -0.2) is 56.5 Å². The van der Waals surface area contributed by atoms with Crippen LogP contribution in [-0.2, 0) is 4.74 Å². The quantitative estimate of drug-likeness (QED) is 0.899. The van der Waals surface area contributed by atoms with Crippen molar-refractivity contribution in [1.82, 2.24) is 24.6 Å². The maximum absolute atomic E-state index is 12.7. The Morgan fingerprint density at radius 3 is 3.08 bits per heavy atom. The van der Waals surface area contributed by atoms with Gasteiger partial charge in [-0.05, 0) is 43.7 Å². The summed E-state index contributed by atoms with van der Waals surface area (Å²) in [6.07, 6.45) is 9.34. The fraction of sp³-hybridized carbons (Fsp3) is 0.529. The number of amides is 2. The monoisotopic (exact) mass is 342 g/mol. The summed E-state index contributed by atoms with van der Waals surface area (Å²) in [4.78, 5) is 22.7. The average Bonchev–Trinajstić information content (AvgIpc) is 3.32. The number of pyridine rings is 1. The second kappa shape index (κ2) is 7.18. The molecule has 0 aromatic carbocycles. The van der Waals surface area contributed by atoms with Gasteiger partial charge >= 0.3 is 6.03 Å². The van der Waals surface area contributed by atoms with Crippen LogP contribution in [0.3, 0.4) is 0 Å². The maximum atomic E-state index is 12.7. The van der Waals surface area contributed by atoms with E-state index in [2.05, 4.69) is 20.4 Å². The number of carbonyl (C=O) groups excluding carboxylic acids is 1. The fourth-order valence-corrected chi connectivity index (χ4v) is 3.00. The van der Waals surface area contributed by atoms with Gasteiger partial charge in [0.05, 0.1) is 11.8 Å². The van der Waals surface area contributed by atoms with Crippen molar-refractivity contribution in [3.05, 3.63) is 31.0 Å². The van der Waals surface area contributed by atoms with Gasteiger partial charge in [0.1, 0.15) is 12.7 Å². The molecule has 0 spiro atoms. The van der Waals surface area contributed by atoms with E-state index in [4.69, 9.17) is 4.74 Å². The summed E-state index contributed by atoms with van der Waals surface area (Å²) in [6, 6.07) is 3.47. The lowest BCUT2D eigenvalue weighted by atomic mass is 10.1. The molecule has 1 atom stereocenters. The van der Waals surface area contributed by atoms with Gasteiger partial charge in [0.25, 0.3) is 0 Å². The van der Waals surface area contributed by atoms with Gasteiger partial charge in [0, 0.05) is 25.9 Å². The average molecular weight is 342 g/mol. The minimum absolute atomic E-state index is 0.130. The first-order valence-corrected chi connectivity index (χ1v) is 8.77. The fourth-order valence-electron chi connectivity index (χ4n) is 3.00. The van der Waals surface area contributed by atoms with Gasteiger partial charge in [-0.2, -0.15) is 5.10 Å². The first kappa shape index (κ1) is 16.0. The molecule has 1 aliphatic heterocycles. The zero-order valence-electron chi connectivity index (χ0n) is 14.0. The van der Waals surface area contributed by atoms with E-state index < -0.39 is 0 Å². The molecule has 1 unspecified atom stereocenters. The van der Waals surface area contributed by atoms with Gasteiger partial charge in [-0.1, -0.05) is 0 Å². The van der Waals surface area contributed by atoms with E-state index in [1.807, 2.05) is 11.0 Å². The largest absolute Gasteiger partial charge is 0.376 e. The van der Waals surface area contributed by atoms with E-state index in [-0.39, 0.29) is 12.1 Å². The van der Waals surface area contributed by atoms with Crippen LogP contribution in [0.5, 0.6) is 0 Å². The second-order valence-corrected chi connectivity index (χ2v) is 6.63. The SMILES string of the molecule is O=C(Nc1cccnc1-n1cncn1)N1CCCC(OCC2CC2)C1. The van der Waals surface area contributed by atoms with Crippen LogP contribution in [0.15, 0.2) is 31.0 Å². The molecule has 1 N–H and O–H groups in total. The molecular weight excluding hydrogens is 320 g/mol. The summed E-state index contributed by atoms with van der Waals surface area (Å²) in [6.45, 7) is 2.21. The number of hydrogen-bond donors (Lipinski definition) is 1. The summed E-state index contributed by atoms with van der Waals surface area (Å²) in [5, 5.41) is 7.03. The molecule has 1 saturated carbocycles. The molecule has 8 nitrogen and oxygen atoms in total. The van der Waals surface area contributed by atoms with Crippen LogP contribution < -0.4 is 5.32 Å². The van der Waals surface area contributed by atoms with Crippen molar-refractivity contribution in [2.75, 3.05) is 25.0 Å². The molecule has 25 heavy (non-hydrogen) atoms. The number of urea groups is 1. The molecule has 2 aliphatic rings. The second-order valence-electron chi connectivity index (χ2n) is 6.63. The normalized spacial score (nSPS) is 20.5. The Morgan fingerprint density at radius 2 is 2.28 bits per heavy atom. The van der Waals surface area contributed by atoms with Crippen LogP contribution >= 0.6 is 0 Å². The molecule has 4 rings (SSSR count). The summed E-state index contributed by atoms with van der Waals surface area (Å²) in [7, 11) is 0. The summed E-state index contributed by atoms with van der Waals surface area (Å²) < 4.78 is 7.50. The first-order valence-electron chi connectivity index (χ1n) is 8.77. The van der Waals surface area contributed by atoms with E-state index >= 15 is 0 Å². The van der Waals surface area contributed by atoms with Crippen LogP contribution in [0.25, 0.3) is 5.82 Å². The highest BCUT2D eigenvalue weighted by atomic mass is 16.5. The zero-order chi connectivity index (χ0) is 17.1. The summed E-state index contributed by atoms with van der Waals surface area (Å²) >= 11 is 0. The Morgan fingerprint density at radius 1 is 1.36 bits per heavy atom. The van der Waals surface area contributed by atoms with Gasteiger partial charge < -0.3 is 15.0 Å². The van der Waals surface area contributed by atoms with Gasteiger partial charge in [-0.25, -0.2) is 19.4 Å². The third-order valence-electron chi connectivity index (χ3n) is 4.59. The minimum Gasteiger partial charge on any atom is -0.376 e. The molecule has 0 bridgehead atoms. The topological polar surface area (TPSA) is 85.2 Å². The lowest BCUT2D eigenvalue weighted by molar-refractivity contribution is 0.00597. The number of ether oxygens (including phenoxy) is 1. The standard InChI is InChI=1S/C17H22N6O2/c24-17(22-8-2-3-14(9-22)25-10-13-5-6-13)21-15-4-1-7-19-16(15)23-12-18-11-20-23/h1,4,7,11-14H,2-3,5-6,8-10H2,(H,21,24). The van der Waals surface area contributed by atoms with E-state index in [0.717, 1.165) is 31.9 Å². The number of hydrogen-bond acceptors (Lipinski definition) is 5. The van der Waals surface area contributed by atoms with E-state index in [1.165, 1.54) is 23.9 Å². The van der Waals surface area contributed by atoms with E-state index in [1.54, 1.807) is 18.6 Å². The third-order valence-corrected chi connectivity index (χ3v) is 4.59. The molecule has 132 valence electrons. The molecule has 8 heteroatoms. The molecule has 2 fully saturated rings. The van der Waals surface area contributed by atoms with Gasteiger partial charge in [0.2, 0.25) is 0 Å². The first-order chi connectivity index (χ1) is 12.3. The smallest absolute Gasteiger partial charge is 0.322 e. The van der Waals surface area contributed by atoms with Gasteiger partial charge in [-0.15, -0.1) is 0 Å². The van der Waals surface area contributed by atoms with Crippen LogP contribution in [0.1, 0.15) is 25.7 Å². The lowest BCUT2D eigenvalue weighted by Gasteiger charge is -2.32. The number of nitrogens with one attached hydrogen (secondary N) is 1. The molecule has 1 aliphatic carbocycles.